The molecule has 3 aromatic rings. The Morgan fingerprint density at radius 1 is 1.04 bits per heavy atom. The standard InChI is InChI=1S/C37H33F6IN2O5/c1-18(2)24-16-25-32(35(49)46(34(25)48)23-14-21(36(38,39)40)13-22(15-23)37(41,42)43)26-17-51-29(31(24)26)8-7-20(28-6-4-5-9-45-28)10-19-11-27(44)33(47)30(12-19)50-3/h4-6,9-15,18,25-26,29,32,47H,7-8,16-17H2,1-3H3/b20-10-/t25-,26+,29-,32-/m1/s1. The molecular formula is C37H33F6IN2O5. The maximum absolute atomic E-state index is 14.0. The van der Waals surface area contributed by atoms with Crippen molar-refractivity contribution in [2.24, 2.45) is 23.7 Å². The van der Waals surface area contributed by atoms with Gasteiger partial charge in [-0.15, -0.1) is 0 Å². The predicted octanol–water partition coefficient (Wildman–Crippen LogP) is 8.94. The minimum absolute atomic E-state index is 0.0242. The van der Waals surface area contributed by atoms with Crippen LogP contribution in [0.15, 0.2) is 65.9 Å². The van der Waals surface area contributed by atoms with Crippen molar-refractivity contribution in [1.29, 1.82) is 0 Å². The van der Waals surface area contributed by atoms with Gasteiger partial charge in [-0.2, -0.15) is 26.3 Å². The highest BCUT2D eigenvalue weighted by Gasteiger charge is 2.58. The zero-order valence-electron chi connectivity index (χ0n) is 27.6. The second-order valence-corrected chi connectivity index (χ2v) is 14.3. The number of rotatable bonds is 8. The number of carbonyl (C=O) groups is 2. The Bertz CT molecular complexity index is 1890. The van der Waals surface area contributed by atoms with Crippen molar-refractivity contribution in [3.05, 3.63) is 91.8 Å². The molecule has 0 radical (unpaired) electrons. The first-order valence-corrected chi connectivity index (χ1v) is 17.3. The molecule has 2 aromatic carbocycles. The molecule has 2 amide bonds. The molecule has 2 aliphatic heterocycles. The molecule has 4 atom stereocenters. The number of anilines is 1. The molecule has 0 bridgehead atoms. The average Bonchev–Trinajstić information content (AvgIpc) is 3.60. The van der Waals surface area contributed by atoms with Gasteiger partial charge in [-0.1, -0.05) is 25.5 Å². The van der Waals surface area contributed by atoms with E-state index in [2.05, 4.69) is 4.98 Å². The number of nitrogens with zero attached hydrogens (tertiary/aromatic N) is 2. The highest BCUT2D eigenvalue weighted by molar-refractivity contribution is 14.1. The lowest BCUT2D eigenvalue weighted by Crippen LogP contribution is -2.35. The first kappa shape index (κ1) is 36.9. The molecule has 3 aliphatic rings. The predicted molar refractivity (Wildman–Crippen MR) is 184 cm³/mol. The van der Waals surface area contributed by atoms with Crippen LogP contribution in [0.3, 0.4) is 0 Å². The van der Waals surface area contributed by atoms with Gasteiger partial charge in [-0.05, 0) is 113 Å². The molecule has 2 fully saturated rings. The van der Waals surface area contributed by atoms with Gasteiger partial charge >= 0.3 is 12.4 Å². The van der Waals surface area contributed by atoms with Crippen LogP contribution in [0.1, 0.15) is 55.5 Å². The summed E-state index contributed by atoms with van der Waals surface area (Å²) in [6.07, 6.45) is -6.07. The number of phenols is 1. The fraction of sp³-hybridized carbons (Fsp3) is 0.378. The molecule has 7 nitrogen and oxygen atoms in total. The van der Waals surface area contributed by atoms with E-state index >= 15 is 0 Å². The number of allylic oxidation sites excluding steroid dienone is 2. The van der Waals surface area contributed by atoms with Crippen molar-refractivity contribution >= 4 is 51.7 Å². The van der Waals surface area contributed by atoms with Crippen LogP contribution in [0.2, 0.25) is 0 Å². The number of amides is 2. The summed E-state index contributed by atoms with van der Waals surface area (Å²) in [6, 6.07) is 9.85. The van der Waals surface area contributed by atoms with Crippen molar-refractivity contribution in [2.75, 3.05) is 18.6 Å². The molecule has 1 aliphatic carbocycles. The fourth-order valence-electron chi connectivity index (χ4n) is 7.43. The number of phenolic OH excluding ortho intramolecular Hbond substituents is 1. The van der Waals surface area contributed by atoms with Gasteiger partial charge < -0.3 is 14.6 Å². The van der Waals surface area contributed by atoms with Gasteiger partial charge in [-0.25, -0.2) is 4.90 Å². The molecule has 0 unspecified atom stereocenters. The molecule has 14 heteroatoms. The summed E-state index contributed by atoms with van der Waals surface area (Å²) in [5.74, 6) is -3.93. The molecule has 0 saturated carbocycles. The topological polar surface area (TPSA) is 89.0 Å². The summed E-state index contributed by atoms with van der Waals surface area (Å²) in [6.45, 7) is 3.95. The number of methoxy groups -OCH3 is 1. The number of imide groups is 1. The average molecular weight is 827 g/mol. The number of hydrogen-bond donors (Lipinski definition) is 1. The van der Waals surface area contributed by atoms with Crippen molar-refractivity contribution in [2.45, 2.75) is 51.6 Å². The van der Waals surface area contributed by atoms with Crippen LogP contribution in [0, 0.1) is 27.2 Å². The molecule has 6 rings (SSSR count). The molecular weight excluding hydrogens is 793 g/mol. The van der Waals surface area contributed by atoms with Crippen LogP contribution >= 0.6 is 22.6 Å². The Hall–Kier alpha value is -3.92. The SMILES string of the molecule is COc1cc(/C=C(/CC[C@H]2OC[C@H]3C2=C(C(C)C)C[C@H]2C(=O)N(c4cc(C(F)(F)F)cc(C(F)(F)F)c4)C(=O)[C@H]23)c2ccccn2)cc(I)c1O. The third-order valence-electron chi connectivity index (χ3n) is 9.75. The van der Waals surface area contributed by atoms with E-state index in [1.54, 1.807) is 24.4 Å². The maximum atomic E-state index is 14.0. The molecule has 3 heterocycles. The minimum Gasteiger partial charge on any atom is -0.504 e. The van der Waals surface area contributed by atoms with Crippen LogP contribution in [0.25, 0.3) is 11.6 Å². The molecule has 1 aromatic heterocycles. The van der Waals surface area contributed by atoms with Crippen LogP contribution in [0.4, 0.5) is 32.0 Å². The summed E-state index contributed by atoms with van der Waals surface area (Å²) in [5.41, 5.74) is 0.119. The van der Waals surface area contributed by atoms with Gasteiger partial charge in [0.05, 0.1) is 57.7 Å². The van der Waals surface area contributed by atoms with Crippen molar-refractivity contribution in [3.8, 4) is 11.5 Å². The molecule has 51 heavy (non-hydrogen) atoms. The lowest BCUT2D eigenvalue weighted by Gasteiger charge is -2.33. The second kappa shape index (κ2) is 13.9. The zero-order chi connectivity index (χ0) is 37.0. The number of halogens is 7. The summed E-state index contributed by atoms with van der Waals surface area (Å²) in [5, 5.41) is 10.3. The monoisotopic (exact) mass is 826 g/mol. The normalized spacial score (nSPS) is 22.6. The van der Waals surface area contributed by atoms with Gasteiger partial charge in [0.15, 0.2) is 11.5 Å². The Balaban J connectivity index is 1.32. The third kappa shape index (κ3) is 7.13. The van der Waals surface area contributed by atoms with Gasteiger partial charge in [0.2, 0.25) is 11.8 Å². The first-order chi connectivity index (χ1) is 24.0. The number of pyridine rings is 1. The molecule has 2 saturated heterocycles. The van der Waals surface area contributed by atoms with E-state index in [4.69, 9.17) is 9.47 Å². The van der Waals surface area contributed by atoms with Crippen LogP contribution in [0.5, 0.6) is 11.5 Å². The van der Waals surface area contributed by atoms with Gasteiger partial charge in [-0.3, -0.25) is 14.6 Å². The van der Waals surface area contributed by atoms with E-state index < -0.39 is 64.8 Å². The van der Waals surface area contributed by atoms with Crippen LogP contribution in [-0.4, -0.2) is 41.7 Å². The number of benzene rings is 2. The molecule has 270 valence electrons. The number of fused-ring (bicyclic) bond motifs is 3. The second-order valence-electron chi connectivity index (χ2n) is 13.2. The fourth-order valence-corrected chi connectivity index (χ4v) is 8.05. The molecule has 1 N–H and O–H groups in total. The Morgan fingerprint density at radius 3 is 2.31 bits per heavy atom. The van der Waals surface area contributed by atoms with E-state index in [-0.39, 0.29) is 30.8 Å². The van der Waals surface area contributed by atoms with Crippen molar-refractivity contribution in [3.63, 3.8) is 0 Å². The van der Waals surface area contributed by atoms with Gasteiger partial charge in [0.25, 0.3) is 0 Å². The number of hydrogen-bond acceptors (Lipinski definition) is 6. The number of aromatic nitrogens is 1. The van der Waals surface area contributed by atoms with Crippen LogP contribution in [-0.2, 0) is 26.7 Å². The number of aromatic hydroxyl groups is 1. The quantitative estimate of drug-likeness (QED) is 0.106. The van der Waals surface area contributed by atoms with Crippen LogP contribution < -0.4 is 9.64 Å². The minimum atomic E-state index is -5.14. The van der Waals surface area contributed by atoms with Gasteiger partial charge in [0, 0.05) is 12.1 Å². The van der Waals surface area contributed by atoms with E-state index in [1.165, 1.54) is 7.11 Å². The Morgan fingerprint density at radius 2 is 1.73 bits per heavy atom. The van der Waals surface area contributed by atoms with E-state index in [9.17, 15) is 41.0 Å². The van der Waals surface area contributed by atoms with Gasteiger partial charge in [0.1, 0.15) is 0 Å². The van der Waals surface area contributed by atoms with E-state index in [1.807, 2.05) is 54.6 Å². The molecule has 0 spiro atoms. The number of carbonyl (C=O) groups excluding carboxylic acids is 2. The van der Waals surface area contributed by atoms with Crippen molar-refractivity contribution < 1.29 is 50.5 Å². The zero-order valence-corrected chi connectivity index (χ0v) is 29.8. The Kier molecular flexibility index (Phi) is 10.0. The smallest absolute Gasteiger partial charge is 0.416 e. The lowest BCUT2D eigenvalue weighted by atomic mass is 9.67. The maximum Gasteiger partial charge on any atom is 0.416 e. The number of ether oxygens (including phenoxy) is 2. The third-order valence-corrected chi connectivity index (χ3v) is 10.6. The number of alkyl halides is 6. The largest absolute Gasteiger partial charge is 0.504 e. The van der Waals surface area contributed by atoms with Crippen molar-refractivity contribution in [1.82, 2.24) is 4.98 Å². The highest BCUT2D eigenvalue weighted by atomic mass is 127. The van der Waals surface area contributed by atoms with E-state index in [0.29, 0.717) is 44.9 Å². The summed E-state index contributed by atoms with van der Waals surface area (Å²) >= 11 is 2.02. The van der Waals surface area contributed by atoms with E-state index in [0.717, 1.165) is 22.3 Å². The Labute approximate surface area is 303 Å². The summed E-state index contributed by atoms with van der Waals surface area (Å²) in [4.78, 5) is 32.8. The highest BCUT2D eigenvalue weighted by Crippen LogP contribution is 2.53. The first-order valence-electron chi connectivity index (χ1n) is 16.2. The summed E-state index contributed by atoms with van der Waals surface area (Å²) in [7, 11) is 1.46. The lowest BCUT2D eigenvalue weighted by molar-refractivity contribution is -0.143. The summed E-state index contributed by atoms with van der Waals surface area (Å²) < 4.78 is 94.4.